The van der Waals surface area contributed by atoms with Crippen LogP contribution in [0.15, 0.2) is 51.8 Å². The van der Waals surface area contributed by atoms with E-state index >= 15 is 0 Å². The Hall–Kier alpha value is -2.03. The van der Waals surface area contributed by atoms with Gasteiger partial charge in [0, 0.05) is 17.1 Å². The largest absolute Gasteiger partial charge is 0.493 e. The first-order chi connectivity index (χ1) is 13.5. The monoisotopic (exact) mass is 479 g/mol. The van der Waals surface area contributed by atoms with Crippen molar-refractivity contribution in [3.05, 3.63) is 57.4 Å². The number of hydrogen-bond acceptors (Lipinski definition) is 6. The Morgan fingerprint density at radius 2 is 1.79 bits per heavy atom. The maximum atomic E-state index is 12.3. The van der Waals surface area contributed by atoms with E-state index in [1.165, 1.54) is 16.7 Å². The highest BCUT2D eigenvalue weighted by atomic mass is 79.9. The quantitative estimate of drug-likeness (QED) is 0.324. The lowest BCUT2D eigenvalue weighted by Gasteiger charge is -2.13. The molecule has 0 bridgehead atoms. The number of carbonyl (C=O) groups excluding carboxylic acids is 1. The Morgan fingerprint density at radius 3 is 2.43 bits per heavy atom. The average Bonchev–Trinajstić information content (AvgIpc) is 2.93. The highest BCUT2D eigenvalue weighted by Crippen LogP contribution is 2.34. The van der Waals surface area contributed by atoms with E-state index in [9.17, 15) is 4.79 Å². The van der Waals surface area contributed by atoms with Crippen molar-refractivity contribution in [1.29, 1.82) is 0 Å². The number of hydrogen-bond donors (Lipinski definition) is 0. The predicted molar refractivity (Wildman–Crippen MR) is 119 cm³/mol. The van der Waals surface area contributed by atoms with E-state index in [4.69, 9.17) is 26.4 Å². The van der Waals surface area contributed by atoms with E-state index < -0.39 is 0 Å². The maximum absolute atomic E-state index is 12.3. The molecule has 0 unspecified atom stereocenters. The first-order valence-corrected chi connectivity index (χ1v) is 10.4. The van der Waals surface area contributed by atoms with Gasteiger partial charge in [0.1, 0.15) is 23.3 Å². The summed E-state index contributed by atoms with van der Waals surface area (Å²) in [6, 6.07) is 13.1. The Bertz CT molecular complexity index is 932. The molecule has 0 N–H and O–H groups in total. The van der Waals surface area contributed by atoms with Crippen LogP contribution in [0.2, 0.25) is 0 Å². The van der Waals surface area contributed by atoms with E-state index in [-0.39, 0.29) is 5.91 Å². The number of carbonyl (C=O) groups is 1. The van der Waals surface area contributed by atoms with Gasteiger partial charge in [-0.25, -0.2) is 0 Å². The van der Waals surface area contributed by atoms with Gasteiger partial charge in [-0.05, 0) is 36.4 Å². The van der Waals surface area contributed by atoms with Gasteiger partial charge in [-0.3, -0.25) is 9.69 Å². The molecule has 1 heterocycles. The average molecular weight is 480 g/mol. The molecule has 0 spiro atoms. The van der Waals surface area contributed by atoms with Crippen LogP contribution in [-0.4, -0.2) is 42.5 Å². The topological polar surface area (TPSA) is 48.0 Å². The summed E-state index contributed by atoms with van der Waals surface area (Å²) >= 11 is 9.93. The fraction of sp³-hybridized carbons (Fsp3) is 0.200. The fourth-order valence-electron chi connectivity index (χ4n) is 2.49. The number of thiocarbonyl (C=S) groups is 1. The number of benzene rings is 2. The number of amides is 1. The molecule has 3 rings (SSSR count). The first kappa shape index (κ1) is 20.7. The van der Waals surface area contributed by atoms with Crippen LogP contribution >= 0.6 is 39.9 Å². The normalized spacial score (nSPS) is 15.2. The van der Waals surface area contributed by atoms with Crippen molar-refractivity contribution in [3.63, 3.8) is 0 Å². The lowest BCUT2D eigenvalue weighted by molar-refractivity contribution is -0.121. The van der Waals surface area contributed by atoms with Crippen LogP contribution in [-0.2, 0) is 4.79 Å². The molecule has 0 aliphatic carbocycles. The van der Waals surface area contributed by atoms with Gasteiger partial charge in [0.2, 0.25) is 0 Å². The van der Waals surface area contributed by atoms with E-state index in [1.807, 2.05) is 42.5 Å². The van der Waals surface area contributed by atoms with E-state index in [0.29, 0.717) is 39.7 Å². The third kappa shape index (κ3) is 4.87. The molecule has 8 heteroatoms. The summed E-state index contributed by atoms with van der Waals surface area (Å²) < 4.78 is 18.3. The second kappa shape index (κ2) is 9.45. The summed E-state index contributed by atoms with van der Waals surface area (Å²) in [5.74, 6) is 1.89. The van der Waals surface area contributed by atoms with Crippen LogP contribution in [0.3, 0.4) is 0 Å². The number of nitrogens with zero attached hydrogens (tertiary/aromatic N) is 1. The van der Waals surface area contributed by atoms with Crippen LogP contribution in [0.25, 0.3) is 6.08 Å². The zero-order valence-corrected chi connectivity index (χ0v) is 18.5. The smallest absolute Gasteiger partial charge is 0.265 e. The van der Waals surface area contributed by atoms with Gasteiger partial charge < -0.3 is 14.2 Å². The van der Waals surface area contributed by atoms with Gasteiger partial charge >= 0.3 is 0 Å². The molecule has 0 atom stereocenters. The van der Waals surface area contributed by atoms with Gasteiger partial charge in [0.15, 0.2) is 11.5 Å². The van der Waals surface area contributed by atoms with Gasteiger partial charge in [-0.15, -0.1) is 0 Å². The van der Waals surface area contributed by atoms with Gasteiger partial charge in [0.25, 0.3) is 5.91 Å². The Balaban J connectivity index is 1.68. The molecule has 146 valence electrons. The van der Waals surface area contributed by atoms with Crippen molar-refractivity contribution in [2.75, 3.05) is 27.4 Å². The predicted octanol–water partition coefficient (Wildman–Crippen LogP) is 4.75. The minimum atomic E-state index is -0.111. The lowest BCUT2D eigenvalue weighted by atomic mass is 10.2. The second-order valence-electron chi connectivity index (χ2n) is 5.77. The Morgan fingerprint density at radius 1 is 1.11 bits per heavy atom. The Labute approximate surface area is 181 Å². The molecular weight excluding hydrogens is 462 g/mol. The second-order valence-corrected chi connectivity index (χ2v) is 8.36. The van der Waals surface area contributed by atoms with Crippen molar-refractivity contribution >= 4 is 56.2 Å². The molecule has 5 nitrogen and oxygen atoms in total. The highest BCUT2D eigenvalue weighted by Gasteiger charge is 2.29. The molecule has 1 fully saturated rings. The molecule has 1 saturated heterocycles. The van der Waals surface area contributed by atoms with Crippen LogP contribution in [0, 0.1) is 0 Å². The molecule has 1 aliphatic rings. The molecule has 0 aromatic heterocycles. The summed E-state index contributed by atoms with van der Waals surface area (Å²) in [5, 5.41) is 0. The van der Waals surface area contributed by atoms with Crippen LogP contribution < -0.4 is 14.2 Å². The SMILES string of the molecule is COc1ccccc1OCCOc1ccc(Br)cc1/C=C1/SC(=S)N(C)C1=O. The van der Waals surface area contributed by atoms with E-state index in [0.717, 1.165) is 10.0 Å². The minimum Gasteiger partial charge on any atom is -0.493 e. The molecular formula is C20H18BrNO4S2. The summed E-state index contributed by atoms with van der Waals surface area (Å²) in [5.41, 5.74) is 0.792. The molecule has 2 aromatic rings. The molecule has 1 aliphatic heterocycles. The maximum Gasteiger partial charge on any atom is 0.265 e. The van der Waals surface area contributed by atoms with Gasteiger partial charge in [-0.2, -0.15) is 0 Å². The number of rotatable bonds is 7. The summed E-state index contributed by atoms with van der Waals surface area (Å²) in [4.78, 5) is 14.3. The molecule has 2 aromatic carbocycles. The summed E-state index contributed by atoms with van der Waals surface area (Å²) in [6.45, 7) is 0.697. The van der Waals surface area contributed by atoms with Crippen molar-refractivity contribution in [1.82, 2.24) is 4.90 Å². The zero-order chi connectivity index (χ0) is 20.1. The zero-order valence-electron chi connectivity index (χ0n) is 15.3. The summed E-state index contributed by atoms with van der Waals surface area (Å²) in [6.07, 6.45) is 1.80. The molecule has 28 heavy (non-hydrogen) atoms. The van der Waals surface area contributed by atoms with Gasteiger partial charge in [-0.1, -0.05) is 52.0 Å². The Kier molecular flexibility index (Phi) is 6.98. The van der Waals surface area contributed by atoms with Crippen molar-refractivity contribution in [3.8, 4) is 17.2 Å². The minimum absolute atomic E-state index is 0.111. The fourth-order valence-corrected chi connectivity index (χ4v) is 4.04. The standard InChI is InChI=1S/C20H18BrNO4S2/c1-22-19(23)18(28-20(22)27)12-13-11-14(21)7-8-15(13)25-9-10-26-17-6-4-3-5-16(17)24-2/h3-8,11-12H,9-10H2,1-2H3/b18-12+. The number of methoxy groups -OCH3 is 1. The first-order valence-electron chi connectivity index (χ1n) is 8.39. The summed E-state index contributed by atoms with van der Waals surface area (Å²) in [7, 11) is 3.28. The van der Waals surface area contributed by atoms with Gasteiger partial charge in [0.05, 0.1) is 12.0 Å². The lowest BCUT2D eigenvalue weighted by Crippen LogP contribution is -2.22. The van der Waals surface area contributed by atoms with E-state index in [2.05, 4.69) is 15.9 Å². The third-order valence-corrected chi connectivity index (χ3v) is 5.89. The third-order valence-electron chi connectivity index (χ3n) is 3.91. The number of halogens is 1. The van der Waals surface area contributed by atoms with E-state index in [1.54, 1.807) is 20.2 Å². The van der Waals surface area contributed by atoms with Crippen LogP contribution in [0.1, 0.15) is 5.56 Å². The number of thioether (sulfide) groups is 1. The van der Waals surface area contributed by atoms with Crippen molar-refractivity contribution in [2.45, 2.75) is 0 Å². The highest BCUT2D eigenvalue weighted by molar-refractivity contribution is 9.10. The number of likely N-dealkylation sites (N-methyl/N-ethyl adjacent to an activating group) is 1. The molecule has 1 amide bonds. The van der Waals surface area contributed by atoms with Crippen LogP contribution in [0.4, 0.5) is 0 Å². The number of para-hydroxylation sites is 2. The van der Waals surface area contributed by atoms with Crippen molar-refractivity contribution < 1.29 is 19.0 Å². The molecule has 0 radical (unpaired) electrons. The van der Waals surface area contributed by atoms with Crippen LogP contribution in [0.5, 0.6) is 17.2 Å². The van der Waals surface area contributed by atoms with Crippen molar-refractivity contribution in [2.24, 2.45) is 0 Å². The number of ether oxygens (including phenoxy) is 3. The molecule has 0 saturated carbocycles.